The van der Waals surface area contributed by atoms with Crippen LogP contribution >= 0.6 is 0 Å². The molecule has 94 valence electrons. The number of aliphatic hydroxyl groups excluding tert-OH is 1. The van der Waals surface area contributed by atoms with Crippen molar-refractivity contribution in [2.45, 2.75) is 38.8 Å². The molecule has 3 nitrogen and oxygen atoms in total. The van der Waals surface area contributed by atoms with Crippen LogP contribution in [0.15, 0.2) is 30.5 Å². The molecule has 1 aliphatic rings. The fraction of sp³-hybridized carbons (Fsp3) is 0.400. The molecule has 0 radical (unpaired) electrons. The van der Waals surface area contributed by atoms with Crippen LogP contribution in [-0.2, 0) is 13.0 Å². The Kier molecular flexibility index (Phi) is 2.92. The van der Waals surface area contributed by atoms with Gasteiger partial charge in [-0.2, -0.15) is 0 Å². The first-order valence-electron chi connectivity index (χ1n) is 6.52. The quantitative estimate of drug-likeness (QED) is 0.879. The number of aryl methyl sites for hydroxylation is 1. The van der Waals surface area contributed by atoms with Crippen molar-refractivity contribution in [2.75, 3.05) is 0 Å². The molecule has 1 unspecified atom stereocenters. The zero-order valence-electron chi connectivity index (χ0n) is 10.6. The molecule has 0 aliphatic carbocycles. The molecule has 18 heavy (non-hydrogen) atoms. The molecule has 0 fully saturated rings. The van der Waals surface area contributed by atoms with Gasteiger partial charge in [-0.25, -0.2) is 4.98 Å². The Morgan fingerprint density at radius 3 is 3.17 bits per heavy atom. The highest BCUT2D eigenvalue weighted by Gasteiger charge is 2.21. The molecule has 3 rings (SSSR count). The third-order valence-corrected chi connectivity index (χ3v) is 3.61. The molecule has 1 aliphatic heterocycles. The lowest BCUT2D eigenvalue weighted by Crippen LogP contribution is -2.16. The van der Waals surface area contributed by atoms with Crippen LogP contribution in [-0.4, -0.2) is 14.7 Å². The van der Waals surface area contributed by atoms with Gasteiger partial charge >= 0.3 is 0 Å². The number of aromatic nitrogens is 2. The molecule has 1 aromatic carbocycles. The van der Waals surface area contributed by atoms with Gasteiger partial charge in [-0.3, -0.25) is 0 Å². The van der Waals surface area contributed by atoms with Gasteiger partial charge in [-0.05, 0) is 25.3 Å². The summed E-state index contributed by atoms with van der Waals surface area (Å²) >= 11 is 0. The van der Waals surface area contributed by atoms with E-state index >= 15 is 0 Å². The van der Waals surface area contributed by atoms with Crippen molar-refractivity contribution >= 4 is 0 Å². The number of hydrogen-bond acceptors (Lipinski definition) is 2. The zero-order chi connectivity index (χ0) is 12.5. The molecule has 3 heteroatoms. The van der Waals surface area contributed by atoms with Gasteiger partial charge in [0.1, 0.15) is 5.82 Å². The molecule has 1 atom stereocenters. The van der Waals surface area contributed by atoms with Crippen LogP contribution in [0.25, 0.3) is 0 Å². The third kappa shape index (κ3) is 2.06. The number of fused-ring (bicyclic) bond motifs is 1. The van der Waals surface area contributed by atoms with E-state index in [0.29, 0.717) is 0 Å². The molecular weight excluding hydrogens is 224 g/mol. The lowest BCUT2D eigenvalue weighted by Gasteiger charge is -2.21. The van der Waals surface area contributed by atoms with E-state index in [1.165, 1.54) is 11.1 Å². The minimum absolute atomic E-state index is 0.336. The summed E-state index contributed by atoms with van der Waals surface area (Å²) in [4.78, 5) is 4.48. The highest BCUT2D eigenvalue weighted by Crippen LogP contribution is 2.26. The Morgan fingerprint density at radius 2 is 2.33 bits per heavy atom. The number of hydrogen-bond donors (Lipinski definition) is 1. The van der Waals surface area contributed by atoms with Gasteiger partial charge in [0.2, 0.25) is 0 Å². The SMILES string of the molecule is Cc1cccc(Cc2ncc3n2CCCC3O)c1. The van der Waals surface area contributed by atoms with E-state index in [-0.39, 0.29) is 6.10 Å². The largest absolute Gasteiger partial charge is 0.387 e. The lowest BCUT2D eigenvalue weighted by atomic mass is 10.1. The summed E-state index contributed by atoms with van der Waals surface area (Å²) in [6, 6.07) is 8.52. The molecule has 0 saturated carbocycles. The maximum Gasteiger partial charge on any atom is 0.113 e. The highest BCUT2D eigenvalue weighted by molar-refractivity contribution is 5.26. The Balaban J connectivity index is 1.90. The Labute approximate surface area is 107 Å². The van der Waals surface area contributed by atoms with Crippen molar-refractivity contribution in [3.05, 3.63) is 53.1 Å². The number of aliphatic hydroxyl groups is 1. The maximum atomic E-state index is 9.92. The maximum absolute atomic E-state index is 9.92. The average molecular weight is 242 g/mol. The van der Waals surface area contributed by atoms with Gasteiger partial charge in [0.05, 0.1) is 18.0 Å². The molecule has 1 aromatic heterocycles. The van der Waals surface area contributed by atoms with E-state index in [9.17, 15) is 5.11 Å². The predicted octanol–water partition coefficient (Wildman–Crippen LogP) is 2.61. The Morgan fingerprint density at radius 1 is 1.44 bits per heavy atom. The molecule has 0 saturated heterocycles. The molecule has 2 aromatic rings. The monoisotopic (exact) mass is 242 g/mol. The second kappa shape index (κ2) is 4.58. The molecule has 0 bridgehead atoms. The van der Waals surface area contributed by atoms with Crippen LogP contribution in [0.1, 0.15) is 41.6 Å². The van der Waals surface area contributed by atoms with E-state index in [0.717, 1.165) is 37.3 Å². The lowest BCUT2D eigenvalue weighted by molar-refractivity contribution is 0.138. The second-order valence-corrected chi connectivity index (χ2v) is 5.07. The molecule has 2 heterocycles. The van der Waals surface area contributed by atoms with E-state index in [1.807, 2.05) is 6.20 Å². The fourth-order valence-electron chi connectivity index (χ4n) is 2.69. The van der Waals surface area contributed by atoms with Crippen LogP contribution in [0.3, 0.4) is 0 Å². The smallest absolute Gasteiger partial charge is 0.113 e. The minimum atomic E-state index is -0.336. The fourth-order valence-corrected chi connectivity index (χ4v) is 2.69. The standard InChI is InChI=1S/C15H18N2O/c1-11-4-2-5-12(8-11)9-15-16-10-13-14(18)6-3-7-17(13)15/h2,4-5,8,10,14,18H,3,6-7,9H2,1H3. The number of rotatable bonds is 2. The Bertz CT molecular complexity index is 559. The van der Waals surface area contributed by atoms with Gasteiger partial charge in [0, 0.05) is 13.0 Å². The number of imidazole rings is 1. The first-order valence-corrected chi connectivity index (χ1v) is 6.52. The topological polar surface area (TPSA) is 38.0 Å². The average Bonchev–Trinajstić information content (AvgIpc) is 2.74. The van der Waals surface area contributed by atoms with Gasteiger partial charge in [-0.1, -0.05) is 29.8 Å². The molecule has 0 spiro atoms. The normalized spacial score (nSPS) is 18.7. The summed E-state index contributed by atoms with van der Waals surface area (Å²) in [6.45, 7) is 3.09. The van der Waals surface area contributed by atoms with Crippen molar-refractivity contribution in [1.82, 2.24) is 9.55 Å². The van der Waals surface area contributed by atoms with Gasteiger partial charge in [0.15, 0.2) is 0 Å². The van der Waals surface area contributed by atoms with Crippen LogP contribution < -0.4 is 0 Å². The minimum Gasteiger partial charge on any atom is -0.387 e. The van der Waals surface area contributed by atoms with Crippen LogP contribution in [0, 0.1) is 6.92 Å². The van der Waals surface area contributed by atoms with Gasteiger partial charge < -0.3 is 9.67 Å². The van der Waals surface area contributed by atoms with E-state index in [1.54, 1.807) is 0 Å². The Hall–Kier alpha value is -1.61. The van der Waals surface area contributed by atoms with Gasteiger partial charge in [-0.15, -0.1) is 0 Å². The molecule has 0 amide bonds. The van der Waals surface area contributed by atoms with Crippen LogP contribution in [0.2, 0.25) is 0 Å². The number of nitrogens with zero attached hydrogens (tertiary/aromatic N) is 2. The van der Waals surface area contributed by atoms with Crippen LogP contribution in [0.5, 0.6) is 0 Å². The second-order valence-electron chi connectivity index (χ2n) is 5.07. The zero-order valence-corrected chi connectivity index (χ0v) is 10.6. The van der Waals surface area contributed by atoms with E-state index in [2.05, 4.69) is 40.7 Å². The summed E-state index contributed by atoms with van der Waals surface area (Å²) in [6.07, 6.45) is 4.22. The third-order valence-electron chi connectivity index (χ3n) is 3.61. The first kappa shape index (κ1) is 11.5. The summed E-state index contributed by atoms with van der Waals surface area (Å²) in [5, 5.41) is 9.92. The molecule has 1 N–H and O–H groups in total. The van der Waals surface area contributed by atoms with E-state index < -0.39 is 0 Å². The van der Waals surface area contributed by atoms with E-state index in [4.69, 9.17) is 0 Å². The first-order chi connectivity index (χ1) is 8.74. The number of benzene rings is 1. The van der Waals surface area contributed by atoms with Crippen molar-refractivity contribution in [3.8, 4) is 0 Å². The summed E-state index contributed by atoms with van der Waals surface area (Å²) < 4.78 is 2.18. The summed E-state index contributed by atoms with van der Waals surface area (Å²) in [5.74, 6) is 1.06. The van der Waals surface area contributed by atoms with Crippen molar-refractivity contribution < 1.29 is 5.11 Å². The predicted molar refractivity (Wildman–Crippen MR) is 70.4 cm³/mol. The van der Waals surface area contributed by atoms with Crippen molar-refractivity contribution in [3.63, 3.8) is 0 Å². The summed E-state index contributed by atoms with van der Waals surface area (Å²) in [5.41, 5.74) is 3.53. The van der Waals surface area contributed by atoms with Gasteiger partial charge in [0.25, 0.3) is 0 Å². The highest BCUT2D eigenvalue weighted by atomic mass is 16.3. The van der Waals surface area contributed by atoms with Crippen molar-refractivity contribution in [2.24, 2.45) is 0 Å². The van der Waals surface area contributed by atoms with Crippen LogP contribution in [0.4, 0.5) is 0 Å². The summed E-state index contributed by atoms with van der Waals surface area (Å²) in [7, 11) is 0. The molecular formula is C15H18N2O. The van der Waals surface area contributed by atoms with Crippen molar-refractivity contribution in [1.29, 1.82) is 0 Å².